The molecule has 1 rings (SSSR count). The number of anilines is 1. The van der Waals surface area contributed by atoms with Crippen LogP contribution in [0.25, 0.3) is 0 Å². The number of hydrogen-bond acceptors (Lipinski definition) is 3. The van der Waals surface area contributed by atoms with Crippen molar-refractivity contribution >= 4 is 5.69 Å². The second-order valence-electron chi connectivity index (χ2n) is 3.22. The van der Waals surface area contributed by atoms with Crippen molar-refractivity contribution in [1.29, 1.82) is 0 Å². The highest BCUT2D eigenvalue weighted by Crippen LogP contribution is 2.18. The highest BCUT2D eigenvalue weighted by Gasteiger charge is 2.06. The van der Waals surface area contributed by atoms with Crippen LogP contribution in [0.4, 0.5) is 5.69 Å². The first-order valence-electron chi connectivity index (χ1n) is 4.82. The van der Waals surface area contributed by atoms with Crippen LogP contribution in [-0.2, 0) is 0 Å². The van der Waals surface area contributed by atoms with E-state index in [0.29, 0.717) is 13.1 Å². The molecule has 0 saturated carbocycles. The summed E-state index contributed by atoms with van der Waals surface area (Å²) in [6.07, 6.45) is 0. The van der Waals surface area contributed by atoms with Crippen molar-refractivity contribution in [3.05, 3.63) is 29.8 Å². The predicted octanol–water partition coefficient (Wildman–Crippen LogP) is 0.786. The van der Waals surface area contributed by atoms with Gasteiger partial charge in [-0.3, -0.25) is 0 Å². The molecule has 0 aliphatic rings. The summed E-state index contributed by atoms with van der Waals surface area (Å²) >= 11 is 0. The lowest BCUT2D eigenvalue weighted by molar-refractivity contribution is 0.281. The molecule has 0 unspecified atom stereocenters. The summed E-state index contributed by atoms with van der Waals surface area (Å²) in [5, 5.41) is 17.8. The van der Waals surface area contributed by atoms with Gasteiger partial charge in [0.15, 0.2) is 0 Å². The van der Waals surface area contributed by atoms with E-state index >= 15 is 0 Å². The molecule has 0 heterocycles. The Hall–Kier alpha value is -1.06. The Morgan fingerprint density at radius 2 is 1.64 bits per heavy atom. The highest BCUT2D eigenvalue weighted by molar-refractivity contribution is 5.52. The molecule has 3 nitrogen and oxygen atoms in total. The van der Waals surface area contributed by atoms with Gasteiger partial charge in [-0.2, -0.15) is 0 Å². The Morgan fingerprint density at radius 1 is 1.07 bits per heavy atom. The summed E-state index contributed by atoms with van der Waals surface area (Å²) in [5.41, 5.74) is 2.24. The van der Waals surface area contributed by atoms with Crippen LogP contribution in [0, 0.1) is 6.92 Å². The quantitative estimate of drug-likeness (QED) is 0.730. The lowest BCUT2D eigenvalue weighted by atomic mass is 10.2. The molecule has 0 atom stereocenters. The van der Waals surface area contributed by atoms with Crippen LogP contribution >= 0.6 is 0 Å². The largest absolute Gasteiger partial charge is 0.395 e. The zero-order valence-corrected chi connectivity index (χ0v) is 8.48. The Morgan fingerprint density at radius 3 is 2.14 bits per heavy atom. The van der Waals surface area contributed by atoms with Gasteiger partial charge in [-0.25, -0.2) is 0 Å². The van der Waals surface area contributed by atoms with Crippen LogP contribution in [0.2, 0.25) is 0 Å². The van der Waals surface area contributed by atoms with Crippen molar-refractivity contribution in [3.63, 3.8) is 0 Å². The minimum Gasteiger partial charge on any atom is -0.395 e. The van der Waals surface area contributed by atoms with Crippen LogP contribution in [0.15, 0.2) is 24.3 Å². The molecule has 0 radical (unpaired) electrons. The van der Waals surface area contributed by atoms with Crippen LogP contribution in [0.5, 0.6) is 0 Å². The van der Waals surface area contributed by atoms with E-state index in [9.17, 15) is 0 Å². The zero-order valence-electron chi connectivity index (χ0n) is 8.48. The molecule has 0 fully saturated rings. The van der Waals surface area contributed by atoms with Crippen LogP contribution in [0.1, 0.15) is 5.56 Å². The molecule has 0 saturated heterocycles. The molecule has 78 valence electrons. The standard InChI is InChI=1S/C11H17NO2/c1-10-4-2-3-5-11(10)12(6-8-13)7-9-14/h2-5,13-14H,6-9H2,1H3. The highest BCUT2D eigenvalue weighted by atomic mass is 16.3. The van der Waals surface area contributed by atoms with E-state index in [2.05, 4.69) is 0 Å². The van der Waals surface area contributed by atoms with Crippen LogP contribution in [-0.4, -0.2) is 36.5 Å². The molecule has 14 heavy (non-hydrogen) atoms. The number of para-hydroxylation sites is 1. The molecule has 0 bridgehead atoms. The fraction of sp³-hybridized carbons (Fsp3) is 0.455. The van der Waals surface area contributed by atoms with Gasteiger partial charge in [0, 0.05) is 18.8 Å². The van der Waals surface area contributed by atoms with E-state index in [-0.39, 0.29) is 13.2 Å². The topological polar surface area (TPSA) is 43.7 Å². The minimum atomic E-state index is 0.105. The number of rotatable bonds is 5. The van der Waals surface area contributed by atoms with Gasteiger partial charge in [-0.05, 0) is 18.6 Å². The normalized spacial score (nSPS) is 10.2. The predicted molar refractivity (Wildman–Crippen MR) is 57.6 cm³/mol. The van der Waals surface area contributed by atoms with Gasteiger partial charge in [-0.1, -0.05) is 18.2 Å². The van der Waals surface area contributed by atoms with Gasteiger partial charge in [0.25, 0.3) is 0 Å². The average molecular weight is 195 g/mol. The van der Waals surface area contributed by atoms with E-state index in [1.54, 1.807) is 0 Å². The molecular weight excluding hydrogens is 178 g/mol. The molecule has 3 heteroatoms. The number of benzene rings is 1. The van der Waals surface area contributed by atoms with Gasteiger partial charge in [-0.15, -0.1) is 0 Å². The molecule has 1 aromatic carbocycles. The third-order valence-electron chi connectivity index (χ3n) is 2.20. The molecule has 0 aliphatic carbocycles. The Bertz CT molecular complexity index is 270. The molecule has 0 spiro atoms. The number of nitrogens with zero attached hydrogens (tertiary/aromatic N) is 1. The van der Waals surface area contributed by atoms with Gasteiger partial charge < -0.3 is 15.1 Å². The number of aliphatic hydroxyl groups is 2. The maximum Gasteiger partial charge on any atom is 0.0606 e. The second-order valence-corrected chi connectivity index (χ2v) is 3.22. The zero-order chi connectivity index (χ0) is 10.4. The summed E-state index contributed by atoms with van der Waals surface area (Å²) in [5.74, 6) is 0. The molecule has 2 N–H and O–H groups in total. The summed E-state index contributed by atoms with van der Waals surface area (Å²) in [4.78, 5) is 1.98. The van der Waals surface area contributed by atoms with E-state index < -0.39 is 0 Å². The molecule has 1 aromatic rings. The molecular formula is C11H17NO2. The van der Waals surface area contributed by atoms with Crippen molar-refractivity contribution in [2.45, 2.75) is 6.92 Å². The number of aryl methyl sites for hydroxylation is 1. The summed E-state index contributed by atoms with van der Waals surface area (Å²) < 4.78 is 0. The smallest absolute Gasteiger partial charge is 0.0606 e. The summed E-state index contributed by atoms with van der Waals surface area (Å²) in [7, 11) is 0. The van der Waals surface area contributed by atoms with E-state index in [4.69, 9.17) is 10.2 Å². The van der Waals surface area contributed by atoms with Gasteiger partial charge in [0.05, 0.1) is 13.2 Å². The molecule has 0 amide bonds. The monoisotopic (exact) mass is 195 g/mol. The fourth-order valence-electron chi connectivity index (χ4n) is 1.51. The van der Waals surface area contributed by atoms with Crippen molar-refractivity contribution < 1.29 is 10.2 Å². The molecule has 0 aliphatic heterocycles. The SMILES string of the molecule is Cc1ccccc1N(CCO)CCO. The van der Waals surface area contributed by atoms with Crippen LogP contribution < -0.4 is 4.90 Å². The summed E-state index contributed by atoms with van der Waals surface area (Å²) in [6, 6.07) is 7.97. The first-order chi connectivity index (χ1) is 6.79. The lowest BCUT2D eigenvalue weighted by Crippen LogP contribution is -2.30. The van der Waals surface area contributed by atoms with Crippen LogP contribution in [0.3, 0.4) is 0 Å². The first-order valence-corrected chi connectivity index (χ1v) is 4.82. The lowest BCUT2D eigenvalue weighted by Gasteiger charge is -2.24. The van der Waals surface area contributed by atoms with Crippen molar-refractivity contribution in [3.8, 4) is 0 Å². The summed E-state index contributed by atoms with van der Waals surface area (Å²) in [6.45, 7) is 3.36. The third-order valence-corrected chi connectivity index (χ3v) is 2.20. The second kappa shape index (κ2) is 5.62. The Kier molecular flexibility index (Phi) is 4.43. The van der Waals surface area contributed by atoms with E-state index in [0.717, 1.165) is 11.3 Å². The van der Waals surface area contributed by atoms with Crippen molar-refractivity contribution in [2.75, 3.05) is 31.2 Å². The van der Waals surface area contributed by atoms with Gasteiger partial charge >= 0.3 is 0 Å². The average Bonchev–Trinajstić information content (AvgIpc) is 2.18. The Balaban J connectivity index is 2.81. The minimum absolute atomic E-state index is 0.105. The number of aliphatic hydroxyl groups excluding tert-OH is 2. The Labute approximate surface area is 84.6 Å². The maximum atomic E-state index is 8.89. The van der Waals surface area contributed by atoms with Crippen molar-refractivity contribution in [2.24, 2.45) is 0 Å². The van der Waals surface area contributed by atoms with Crippen molar-refractivity contribution in [1.82, 2.24) is 0 Å². The molecule has 0 aromatic heterocycles. The maximum absolute atomic E-state index is 8.89. The van der Waals surface area contributed by atoms with Gasteiger partial charge in [0.2, 0.25) is 0 Å². The fourth-order valence-corrected chi connectivity index (χ4v) is 1.51. The first kappa shape index (κ1) is 11.0. The number of hydrogen-bond donors (Lipinski definition) is 2. The van der Waals surface area contributed by atoms with E-state index in [1.165, 1.54) is 0 Å². The third kappa shape index (κ3) is 2.72. The van der Waals surface area contributed by atoms with Gasteiger partial charge in [0.1, 0.15) is 0 Å². The van der Waals surface area contributed by atoms with E-state index in [1.807, 2.05) is 36.1 Å².